The predicted octanol–water partition coefficient (Wildman–Crippen LogP) is 1.50. The summed E-state index contributed by atoms with van der Waals surface area (Å²) in [6.45, 7) is 0. The molecule has 1 fully saturated rings. The number of hydrogen-bond donors (Lipinski definition) is 2. The van der Waals surface area contributed by atoms with Crippen molar-refractivity contribution in [2.45, 2.75) is 44.2 Å². The van der Waals surface area contributed by atoms with Crippen LogP contribution < -0.4 is 5.32 Å². The molecule has 2 atom stereocenters. The average molecular weight is 234 g/mol. The first-order valence-electron chi connectivity index (χ1n) is 6.17. The molecule has 1 amide bonds. The zero-order valence-corrected chi connectivity index (χ0v) is 9.80. The number of carbonyl (C=O) groups is 1. The van der Waals surface area contributed by atoms with Gasteiger partial charge in [0.2, 0.25) is 0 Å². The van der Waals surface area contributed by atoms with E-state index in [1.54, 1.807) is 24.4 Å². The molecular weight excluding hydrogens is 216 g/mol. The van der Waals surface area contributed by atoms with Crippen LogP contribution in [0.15, 0.2) is 24.4 Å². The second-order valence-corrected chi connectivity index (χ2v) is 4.50. The molecule has 0 bridgehead atoms. The molecule has 0 saturated heterocycles. The van der Waals surface area contributed by atoms with E-state index < -0.39 is 6.10 Å². The van der Waals surface area contributed by atoms with Crippen LogP contribution in [-0.2, 0) is 0 Å². The van der Waals surface area contributed by atoms with Crippen molar-refractivity contribution in [3.05, 3.63) is 30.1 Å². The number of amides is 1. The average Bonchev–Trinajstić information content (AvgIpc) is 2.56. The van der Waals surface area contributed by atoms with Crippen molar-refractivity contribution in [1.82, 2.24) is 10.3 Å². The van der Waals surface area contributed by atoms with Gasteiger partial charge in [-0.05, 0) is 25.0 Å². The van der Waals surface area contributed by atoms with Gasteiger partial charge in [0, 0.05) is 6.20 Å². The number of aliphatic hydroxyl groups is 1. The molecule has 1 aromatic rings. The third kappa shape index (κ3) is 3.27. The van der Waals surface area contributed by atoms with Crippen molar-refractivity contribution in [1.29, 1.82) is 0 Å². The molecule has 17 heavy (non-hydrogen) atoms. The normalized spacial score (nSPS) is 25.0. The van der Waals surface area contributed by atoms with Crippen LogP contribution in [0.5, 0.6) is 0 Å². The molecule has 2 rings (SSSR count). The first-order chi connectivity index (χ1) is 8.27. The summed E-state index contributed by atoms with van der Waals surface area (Å²) in [7, 11) is 0. The van der Waals surface area contributed by atoms with Gasteiger partial charge in [-0.2, -0.15) is 0 Å². The van der Waals surface area contributed by atoms with Gasteiger partial charge in [0.05, 0.1) is 12.1 Å². The molecule has 0 spiro atoms. The molecule has 92 valence electrons. The zero-order chi connectivity index (χ0) is 12.1. The molecule has 0 radical (unpaired) electrons. The fraction of sp³-hybridized carbons (Fsp3) is 0.538. The van der Waals surface area contributed by atoms with E-state index in [1.165, 1.54) is 0 Å². The number of hydrogen-bond acceptors (Lipinski definition) is 3. The lowest BCUT2D eigenvalue weighted by molar-refractivity contribution is 0.0814. The van der Waals surface area contributed by atoms with Crippen molar-refractivity contribution in [3.63, 3.8) is 0 Å². The molecule has 1 aromatic heterocycles. The molecule has 1 saturated carbocycles. The van der Waals surface area contributed by atoms with Gasteiger partial charge in [-0.3, -0.25) is 9.78 Å². The summed E-state index contributed by atoms with van der Waals surface area (Å²) in [5, 5.41) is 12.8. The van der Waals surface area contributed by atoms with Gasteiger partial charge in [0.1, 0.15) is 5.69 Å². The van der Waals surface area contributed by atoms with Crippen LogP contribution in [0.4, 0.5) is 0 Å². The molecule has 1 heterocycles. The molecule has 4 heteroatoms. The van der Waals surface area contributed by atoms with E-state index in [-0.39, 0.29) is 11.9 Å². The highest BCUT2D eigenvalue weighted by molar-refractivity contribution is 5.92. The summed E-state index contributed by atoms with van der Waals surface area (Å²) in [6.07, 6.45) is 6.02. The van der Waals surface area contributed by atoms with Crippen molar-refractivity contribution in [2.24, 2.45) is 0 Å². The Morgan fingerprint density at radius 1 is 1.29 bits per heavy atom. The number of pyridine rings is 1. The number of carbonyl (C=O) groups excluding carboxylic acids is 1. The summed E-state index contributed by atoms with van der Waals surface area (Å²) in [5.74, 6) is -0.198. The van der Waals surface area contributed by atoms with Crippen molar-refractivity contribution < 1.29 is 9.90 Å². The van der Waals surface area contributed by atoms with Gasteiger partial charge in [0.15, 0.2) is 0 Å². The zero-order valence-electron chi connectivity index (χ0n) is 9.80. The van der Waals surface area contributed by atoms with Crippen LogP contribution in [0.1, 0.15) is 42.6 Å². The number of nitrogens with zero attached hydrogens (tertiary/aromatic N) is 1. The second kappa shape index (κ2) is 5.77. The van der Waals surface area contributed by atoms with Crippen molar-refractivity contribution >= 4 is 5.91 Å². The first-order valence-corrected chi connectivity index (χ1v) is 6.17. The quantitative estimate of drug-likeness (QED) is 0.762. The summed E-state index contributed by atoms with van der Waals surface area (Å²) >= 11 is 0. The lowest BCUT2D eigenvalue weighted by Crippen LogP contribution is -2.42. The number of aromatic nitrogens is 1. The van der Waals surface area contributed by atoms with Crippen LogP contribution >= 0.6 is 0 Å². The van der Waals surface area contributed by atoms with Gasteiger partial charge in [-0.25, -0.2) is 0 Å². The molecule has 0 aliphatic heterocycles. The van der Waals surface area contributed by atoms with Crippen LogP contribution in [0.25, 0.3) is 0 Å². The Bertz CT molecular complexity index is 367. The van der Waals surface area contributed by atoms with E-state index in [9.17, 15) is 9.90 Å². The number of nitrogens with one attached hydrogen (secondary N) is 1. The fourth-order valence-corrected chi connectivity index (χ4v) is 2.20. The molecule has 2 N–H and O–H groups in total. The predicted molar refractivity (Wildman–Crippen MR) is 64.6 cm³/mol. The monoisotopic (exact) mass is 234 g/mol. The highest BCUT2D eigenvalue weighted by Gasteiger charge is 2.23. The molecular formula is C13H18N2O2. The molecule has 0 aromatic carbocycles. The third-order valence-electron chi connectivity index (χ3n) is 3.19. The van der Waals surface area contributed by atoms with Crippen LogP contribution in [0.2, 0.25) is 0 Å². The van der Waals surface area contributed by atoms with Crippen LogP contribution in [-0.4, -0.2) is 28.1 Å². The van der Waals surface area contributed by atoms with Gasteiger partial charge in [-0.15, -0.1) is 0 Å². The second-order valence-electron chi connectivity index (χ2n) is 4.50. The lowest BCUT2D eigenvalue weighted by Gasteiger charge is -2.21. The highest BCUT2D eigenvalue weighted by atomic mass is 16.3. The highest BCUT2D eigenvalue weighted by Crippen LogP contribution is 2.18. The third-order valence-corrected chi connectivity index (χ3v) is 3.19. The smallest absolute Gasteiger partial charge is 0.270 e. The van der Waals surface area contributed by atoms with Gasteiger partial charge in [0.25, 0.3) is 5.91 Å². The van der Waals surface area contributed by atoms with E-state index in [0.29, 0.717) is 5.69 Å². The minimum Gasteiger partial charge on any atom is -0.391 e. The SMILES string of the molecule is O=C(NC1CCCCCC1O)c1ccccn1. The summed E-state index contributed by atoms with van der Waals surface area (Å²) < 4.78 is 0. The first kappa shape index (κ1) is 12.0. The molecule has 1 aliphatic rings. The van der Waals surface area contributed by atoms with Gasteiger partial charge in [-0.1, -0.05) is 25.3 Å². The largest absolute Gasteiger partial charge is 0.391 e. The summed E-state index contributed by atoms with van der Waals surface area (Å²) in [5.41, 5.74) is 0.406. The number of rotatable bonds is 2. The Hall–Kier alpha value is -1.42. The van der Waals surface area contributed by atoms with Gasteiger partial charge >= 0.3 is 0 Å². The maximum atomic E-state index is 11.9. The maximum Gasteiger partial charge on any atom is 0.270 e. The Labute approximate surface area is 101 Å². The molecule has 1 aliphatic carbocycles. The topological polar surface area (TPSA) is 62.2 Å². The van der Waals surface area contributed by atoms with E-state index >= 15 is 0 Å². The van der Waals surface area contributed by atoms with Crippen LogP contribution in [0.3, 0.4) is 0 Å². The van der Waals surface area contributed by atoms with E-state index in [1.807, 2.05) is 0 Å². The minimum atomic E-state index is -0.426. The molecule has 2 unspecified atom stereocenters. The summed E-state index contributed by atoms with van der Waals surface area (Å²) in [6, 6.07) is 5.10. The fourth-order valence-electron chi connectivity index (χ4n) is 2.20. The van der Waals surface area contributed by atoms with Crippen molar-refractivity contribution in [2.75, 3.05) is 0 Å². The maximum absolute atomic E-state index is 11.9. The van der Waals surface area contributed by atoms with E-state index in [0.717, 1.165) is 32.1 Å². The Balaban J connectivity index is 1.98. The van der Waals surface area contributed by atoms with Crippen molar-refractivity contribution in [3.8, 4) is 0 Å². The molecule has 4 nitrogen and oxygen atoms in total. The Morgan fingerprint density at radius 3 is 2.88 bits per heavy atom. The standard InChI is InChI=1S/C13H18N2O2/c16-12-8-3-1-2-6-10(12)15-13(17)11-7-4-5-9-14-11/h4-5,7,9-10,12,16H,1-3,6,8H2,(H,15,17). The Morgan fingerprint density at radius 2 is 2.12 bits per heavy atom. The number of aliphatic hydroxyl groups excluding tert-OH is 1. The van der Waals surface area contributed by atoms with E-state index in [2.05, 4.69) is 10.3 Å². The lowest BCUT2D eigenvalue weighted by atomic mass is 10.1. The van der Waals surface area contributed by atoms with Gasteiger partial charge < -0.3 is 10.4 Å². The minimum absolute atomic E-state index is 0.132. The summed E-state index contributed by atoms with van der Waals surface area (Å²) in [4.78, 5) is 15.9. The van der Waals surface area contributed by atoms with E-state index in [4.69, 9.17) is 0 Å². The Kier molecular flexibility index (Phi) is 4.09. The van der Waals surface area contributed by atoms with Crippen LogP contribution in [0, 0.1) is 0 Å².